The first-order valence-electron chi connectivity index (χ1n) is 9.36. The van der Waals surface area contributed by atoms with E-state index in [0.29, 0.717) is 51.6 Å². The molecule has 1 aliphatic rings. The summed E-state index contributed by atoms with van der Waals surface area (Å²) in [4.78, 5) is 27.5. The van der Waals surface area contributed by atoms with Crippen LogP contribution < -0.4 is 14.9 Å². The molecule has 29 heavy (non-hydrogen) atoms. The second-order valence-electron chi connectivity index (χ2n) is 6.65. The number of amides is 1. The molecular weight excluding hydrogens is 400 g/mol. The Balaban J connectivity index is 1.99. The highest BCUT2D eigenvalue weighted by molar-refractivity contribution is 7.92. The van der Waals surface area contributed by atoms with E-state index < -0.39 is 16.0 Å². The molecule has 3 N–H and O–H groups in total. The zero-order valence-electron chi connectivity index (χ0n) is 16.7. The molecule has 10 nitrogen and oxygen atoms in total. The number of rotatable bonds is 10. The normalized spacial score (nSPS) is 15.2. The minimum absolute atomic E-state index is 0.0504. The van der Waals surface area contributed by atoms with E-state index >= 15 is 0 Å². The lowest BCUT2D eigenvalue weighted by Crippen LogP contribution is -2.49. The van der Waals surface area contributed by atoms with Gasteiger partial charge in [0.15, 0.2) is 0 Å². The number of methoxy groups -OCH3 is 1. The van der Waals surface area contributed by atoms with Gasteiger partial charge in [-0.05, 0) is 25.1 Å². The summed E-state index contributed by atoms with van der Waals surface area (Å²) >= 11 is 0. The predicted octanol–water partition coefficient (Wildman–Crippen LogP) is 0.0310. The number of anilines is 2. The van der Waals surface area contributed by atoms with Crippen LogP contribution in [0.15, 0.2) is 18.2 Å². The summed E-state index contributed by atoms with van der Waals surface area (Å²) in [5.41, 5.74) is 0.653. The van der Waals surface area contributed by atoms with Crippen LogP contribution in [0.2, 0.25) is 0 Å². The van der Waals surface area contributed by atoms with Crippen LogP contribution in [0.25, 0.3) is 0 Å². The molecule has 1 heterocycles. The average Bonchev–Trinajstić information content (AvgIpc) is 2.69. The van der Waals surface area contributed by atoms with Gasteiger partial charge in [0.05, 0.1) is 30.2 Å². The van der Waals surface area contributed by atoms with Crippen LogP contribution >= 0.6 is 0 Å². The maximum Gasteiger partial charge on any atom is 0.337 e. The Kier molecular flexibility index (Phi) is 8.23. The van der Waals surface area contributed by atoms with Crippen LogP contribution in [0, 0.1) is 0 Å². The highest BCUT2D eigenvalue weighted by atomic mass is 32.2. The van der Waals surface area contributed by atoms with Crippen molar-refractivity contribution >= 4 is 33.3 Å². The lowest BCUT2D eigenvalue weighted by Gasteiger charge is -2.36. The van der Waals surface area contributed by atoms with Crippen molar-refractivity contribution in [2.24, 2.45) is 0 Å². The minimum Gasteiger partial charge on any atom is -0.478 e. The van der Waals surface area contributed by atoms with E-state index in [2.05, 4.69) is 10.0 Å². The molecule has 0 bridgehead atoms. The average molecular weight is 429 g/mol. The van der Waals surface area contributed by atoms with Crippen LogP contribution in [-0.4, -0.2) is 89.0 Å². The number of piperazine rings is 1. The lowest BCUT2D eigenvalue weighted by molar-refractivity contribution is -0.122. The number of hydrogen-bond donors (Lipinski definition) is 3. The number of nitrogens with zero attached hydrogens (tertiary/aromatic N) is 2. The number of carboxylic acids is 1. The van der Waals surface area contributed by atoms with Crippen molar-refractivity contribution in [3.8, 4) is 0 Å². The summed E-state index contributed by atoms with van der Waals surface area (Å²) in [6, 6.07) is 4.65. The molecule has 0 saturated carbocycles. The van der Waals surface area contributed by atoms with E-state index in [1.54, 1.807) is 13.2 Å². The van der Waals surface area contributed by atoms with Crippen molar-refractivity contribution in [2.75, 3.05) is 68.4 Å². The molecule has 0 spiro atoms. The van der Waals surface area contributed by atoms with Crippen molar-refractivity contribution in [2.45, 2.75) is 6.92 Å². The topological polar surface area (TPSA) is 128 Å². The fourth-order valence-electron chi connectivity index (χ4n) is 2.95. The van der Waals surface area contributed by atoms with E-state index in [-0.39, 0.29) is 22.9 Å². The van der Waals surface area contributed by atoms with E-state index in [1.807, 2.05) is 9.80 Å². The number of carbonyl (C=O) groups is 2. The van der Waals surface area contributed by atoms with Crippen molar-refractivity contribution < 1.29 is 27.9 Å². The van der Waals surface area contributed by atoms with E-state index in [0.717, 1.165) is 0 Å². The number of carboxylic acid groups (broad SMARTS) is 1. The molecule has 0 radical (unpaired) electrons. The molecule has 0 aliphatic carbocycles. The molecule has 162 valence electrons. The minimum atomic E-state index is -3.57. The van der Waals surface area contributed by atoms with Gasteiger partial charge in [-0.3, -0.25) is 14.4 Å². The largest absolute Gasteiger partial charge is 0.478 e. The summed E-state index contributed by atoms with van der Waals surface area (Å²) in [7, 11) is -2.00. The first-order chi connectivity index (χ1) is 13.8. The van der Waals surface area contributed by atoms with Crippen molar-refractivity contribution in [3.05, 3.63) is 23.8 Å². The van der Waals surface area contributed by atoms with Gasteiger partial charge in [-0.25, -0.2) is 13.2 Å². The van der Waals surface area contributed by atoms with Gasteiger partial charge in [0.2, 0.25) is 15.9 Å². The van der Waals surface area contributed by atoms with Gasteiger partial charge in [0.1, 0.15) is 0 Å². The molecule has 0 atom stereocenters. The van der Waals surface area contributed by atoms with Gasteiger partial charge in [0, 0.05) is 45.5 Å². The molecule has 1 aromatic carbocycles. The van der Waals surface area contributed by atoms with E-state index in [4.69, 9.17) is 4.74 Å². The maximum atomic E-state index is 11.9. The van der Waals surface area contributed by atoms with Gasteiger partial charge in [0.25, 0.3) is 0 Å². The fraction of sp³-hybridized carbons (Fsp3) is 0.556. The number of carbonyl (C=O) groups excluding carboxylic acids is 1. The summed E-state index contributed by atoms with van der Waals surface area (Å²) in [5, 5.41) is 12.3. The Morgan fingerprint density at radius 2 is 1.90 bits per heavy atom. The van der Waals surface area contributed by atoms with Crippen molar-refractivity contribution in [1.82, 2.24) is 10.2 Å². The smallest absolute Gasteiger partial charge is 0.337 e. The molecular formula is C18H28N4O6S. The predicted molar refractivity (Wildman–Crippen MR) is 110 cm³/mol. The highest BCUT2D eigenvalue weighted by Gasteiger charge is 2.22. The van der Waals surface area contributed by atoms with E-state index in [1.165, 1.54) is 19.1 Å². The van der Waals surface area contributed by atoms with Crippen LogP contribution in [-0.2, 0) is 19.6 Å². The highest BCUT2D eigenvalue weighted by Crippen LogP contribution is 2.25. The third-order valence-corrected chi connectivity index (χ3v) is 5.90. The molecule has 1 aromatic rings. The Labute approximate surface area is 170 Å². The standard InChI is InChI=1S/C18H28N4O6S/c1-3-29(26,27)20-16-5-4-14(12-15(16)18(24)25)22-9-7-21(8-10-22)13-17(23)19-6-11-28-2/h4-5,12,20H,3,6-11,13H2,1-2H3,(H,19,23)(H,24,25). The molecule has 1 saturated heterocycles. The Bertz CT molecular complexity index is 822. The van der Waals surface area contributed by atoms with Crippen molar-refractivity contribution in [1.29, 1.82) is 0 Å². The summed E-state index contributed by atoms with van der Waals surface area (Å²) < 4.78 is 30.8. The van der Waals surface area contributed by atoms with Gasteiger partial charge in [-0.2, -0.15) is 0 Å². The summed E-state index contributed by atoms with van der Waals surface area (Å²) in [6.45, 7) is 5.30. The molecule has 0 aromatic heterocycles. The number of aromatic carboxylic acids is 1. The van der Waals surface area contributed by atoms with Gasteiger partial charge >= 0.3 is 5.97 Å². The number of ether oxygens (including phenoxy) is 1. The Morgan fingerprint density at radius 1 is 1.21 bits per heavy atom. The summed E-state index contributed by atoms with van der Waals surface area (Å²) in [5.74, 6) is -1.40. The van der Waals surface area contributed by atoms with Crippen LogP contribution in [0.4, 0.5) is 11.4 Å². The number of benzene rings is 1. The quantitative estimate of drug-likeness (QED) is 0.446. The van der Waals surface area contributed by atoms with Gasteiger partial charge in [-0.1, -0.05) is 0 Å². The summed E-state index contributed by atoms with van der Waals surface area (Å²) in [6.07, 6.45) is 0. The molecule has 1 fully saturated rings. The number of sulfonamides is 1. The van der Waals surface area contributed by atoms with Crippen molar-refractivity contribution in [3.63, 3.8) is 0 Å². The van der Waals surface area contributed by atoms with Gasteiger partial charge in [-0.15, -0.1) is 0 Å². The first-order valence-corrected chi connectivity index (χ1v) is 11.0. The van der Waals surface area contributed by atoms with Crippen LogP contribution in [0.3, 0.4) is 0 Å². The number of nitrogens with one attached hydrogen (secondary N) is 2. The third-order valence-electron chi connectivity index (χ3n) is 4.61. The zero-order chi connectivity index (χ0) is 21.4. The molecule has 0 unspecified atom stereocenters. The first kappa shape index (κ1) is 22.9. The Hall–Kier alpha value is -2.37. The molecule has 11 heteroatoms. The fourth-order valence-corrected chi connectivity index (χ4v) is 3.61. The van der Waals surface area contributed by atoms with E-state index in [9.17, 15) is 23.1 Å². The second kappa shape index (κ2) is 10.4. The number of hydrogen-bond acceptors (Lipinski definition) is 7. The Morgan fingerprint density at radius 3 is 2.48 bits per heavy atom. The SMILES string of the molecule is CCS(=O)(=O)Nc1ccc(N2CCN(CC(=O)NCCOC)CC2)cc1C(=O)O. The molecule has 1 aliphatic heterocycles. The van der Waals surface area contributed by atoms with Crippen LogP contribution in [0.5, 0.6) is 0 Å². The monoisotopic (exact) mass is 428 g/mol. The van der Waals surface area contributed by atoms with Crippen LogP contribution in [0.1, 0.15) is 17.3 Å². The third kappa shape index (κ3) is 6.87. The zero-order valence-corrected chi connectivity index (χ0v) is 17.5. The lowest BCUT2D eigenvalue weighted by atomic mass is 10.1. The molecule has 1 amide bonds. The van der Waals surface area contributed by atoms with Gasteiger partial charge < -0.3 is 20.1 Å². The second-order valence-corrected chi connectivity index (χ2v) is 8.66. The maximum absolute atomic E-state index is 11.9. The molecule has 2 rings (SSSR count).